The van der Waals surface area contributed by atoms with Crippen molar-refractivity contribution in [2.45, 2.75) is 19.5 Å². The molecule has 0 saturated carbocycles. The van der Waals surface area contributed by atoms with E-state index < -0.39 is 0 Å². The first-order valence-electron chi connectivity index (χ1n) is 6.59. The minimum absolute atomic E-state index is 0.293. The average Bonchev–Trinajstić information content (AvgIpc) is 2.69. The van der Waals surface area contributed by atoms with Gasteiger partial charge in [0.2, 0.25) is 0 Å². The molecule has 2 N–H and O–H groups in total. The highest BCUT2D eigenvalue weighted by molar-refractivity contribution is 5.47. The maximum atomic E-state index is 6.06. The van der Waals surface area contributed by atoms with Crippen molar-refractivity contribution in [2.24, 2.45) is 11.7 Å². The fraction of sp³-hybridized carbons (Fsp3) is 0.571. The first kappa shape index (κ1) is 11.8. The molecule has 1 saturated heterocycles. The lowest BCUT2D eigenvalue weighted by Crippen LogP contribution is -2.28. The van der Waals surface area contributed by atoms with E-state index in [0.29, 0.717) is 25.2 Å². The highest BCUT2D eigenvalue weighted by Gasteiger charge is 2.27. The number of rotatable bonds is 2. The van der Waals surface area contributed by atoms with Crippen LogP contribution in [0.5, 0.6) is 11.5 Å². The summed E-state index contributed by atoms with van der Waals surface area (Å²) in [5, 5.41) is 0. The maximum absolute atomic E-state index is 6.06. The van der Waals surface area contributed by atoms with Crippen LogP contribution in [-0.4, -0.2) is 37.2 Å². The van der Waals surface area contributed by atoms with Gasteiger partial charge in [-0.3, -0.25) is 4.90 Å². The summed E-state index contributed by atoms with van der Waals surface area (Å²) >= 11 is 0. The molecule has 4 heteroatoms. The van der Waals surface area contributed by atoms with E-state index in [9.17, 15) is 0 Å². The van der Waals surface area contributed by atoms with E-state index in [1.807, 2.05) is 12.1 Å². The fourth-order valence-electron chi connectivity index (χ4n) is 2.72. The van der Waals surface area contributed by atoms with Crippen molar-refractivity contribution in [3.05, 3.63) is 23.8 Å². The minimum atomic E-state index is 0.293. The summed E-state index contributed by atoms with van der Waals surface area (Å²) in [6.07, 6.45) is 0. The van der Waals surface area contributed by atoms with Crippen molar-refractivity contribution >= 4 is 0 Å². The topological polar surface area (TPSA) is 47.7 Å². The predicted molar refractivity (Wildman–Crippen MR) is 69.8 cm³/mol. The van der Waals surface area contributed by atoms with Gasteiger partial charge in [-0.05, 0) is 12.0 Å². The molecule has 0 bridgehead atoms. The average molecular weight is 248 g/mol. The van der Waals surface area contributed by atoms with Crippen molar-refractivity contribution in [1.29, 1.82) is 0 Å². The van der Waals surface area contributed by atoms with Gasteiger partial charge >= 0.3 is 0 Å². The van der Waals surface area contributed by atoms with Gasteiger partial charge in [0.05, 0.1) is 0 Å². The second-order valence-corrected chi connectivity index (χ2v) is 5.28. The normalized spacial score (nSPS) is 27.4. The molecule has 98 valence electrons. The van der Waals surface area contributed by atoms with Gasteiger partial charge in [-0.25, -0.2) is 0 Å². The van der Waals surface area contributed by atoms with Crippen molar-refractivity contribution in [3.63, 3.8) is 0 Å². The molecule has 0 aliphatic carbocycles. The highest BCUT2D eigenvalue weighted by atomic mass is 16.6. The molecular weight excluding hydrogens is 228 g/mol. The standard InChI is InChI=1S/C14H20N2O2/c1-10-7-16(9-12(10)15)8-11-3-2-4-13-14(11)18-6-5-17-13/h2-4,10,12H,5-9,15H2,1H3. The molecule has 1 aromatic carbocycles. The Morgan fingerprint density at radius 2 is 2.11 bits per heavy atom. The third-order valence-corrected chi connectivity index (χ3v) is 3.79. The molecule has 18 heavy (non-hydrogen) atoms. The van der Waals surface area contributed by atoms with E-state index in [2.05, 4.69) is 17.9 Å². The van der Waals surface area contributed by atoms with Crippen LogP contribution in [-0.2, 0) is 6.54 Å². The van der Waals surface area contributed by atoms with Gasteiger partial charge in [-0.15, -0.1) is 0 Å². The lowest BCUT2D eigenvalue weighted by molar-refractivity contribution is 0.167. The Hall–Kier alpha value is -1.26. The van der Waals surface area contributed by atoms with Gasteiger partial charge < -0.3 is 15.2 Å². The molecule has 2 aliphatic rings. The lowest BCUT2D eigenvalue weighted by atomic mass is 10.1. The maximum Gasteiger partial charge on any atom is 0.165 e. The van der Waals surface area contributed by atoms with Crippen LogP contribution >= 0.6 is 0 Å². The number of nitrogens with two attached hydrogens (primary N) is 1. The molecule has 0 spiro atoms. The molecule has 2 unspecified atom stereocenters. The van der Waals surface area contributed by atoms with E-state index in [0.717, 1.165) is 31.1 Å². The van der Waals surface area contributed by atoms with Gasteiger partial charge in [-0.2, -0.15) is 0 Å². The molecule has 2 aliphatic heterocycles. The van der Waals surface area contributed by atoms with E-state index in [1.54, 1.807) is 0 Å². The molecule has 3 rings (SSSR count). The molecule has 4 nitrogen and oxygen atoms in total. The number of hydrogen-bond acceptors (Lipinski definition) is 4. The first-order valence-corrected chi connectivity index (χ1v) is 6.59. The van der Waals surface area contributed by atoms with Gasteiger partial charge in [0.1, 0.15) is 13.2 Å². The Labute approximate surface area is 108 Å². The highest BCUT2D eigenvalue weighted by Crippen LogP contribution is 2.34. The molecule has 0 amide bonds. The zero-order valence-corrected chi connectivity index (χ0v) is 10.8. The van der Waals surface area contributed by atoms with Crippen LogP contribution in [0.2, 0.25) is 0 Å². The van der Waals surface area contributed by atoms with Crippen LogP contribution in [0.3, 0.4) is 0 Å². The fourth-order valence-corrected chi connectivity index (χ4v) is 2.72. The summed E-state index contributed by atoms with van der Waals surface area (Å²) < 4.78 is 11.3. The predicted octanol–water partition coefficient (Wildman–Crippen LogP) is 1.24. The number of ether oxygens (including phenoxy) is 2. The van der Waals surface area contributed by atoms with Crippen molar-refractivity contribution < 1.29 is 9.47 Å². The summed E-state index contributed by atoms with van der Waals surface area (Å²) in [6, 6.07) is 6.40. The molecule has 1 aromatic rings. The third kappa shape index (κ3) is 2.18. The summed E-state index contributed by atoms with van der Waals surface area (Å²) in [6.45, 7) is 6.41. The van der Waals surface area contributed by atoms with Crippen LogP contribution in [0.1, 0.15) is 12.5 Å². The van der Waals surface area contributed by atoms with E-state index in [4.69, 9.17) is 15.2 Å². The van der Waals surface area contributed by atoms with Crippen LogP contribution in [0.15, 0.2) is 18.2 Å². The number of nitrogens with zero attached hydrogens (tertiary/aromatic N) is 1. The van der Waals surface area contributed by atoms with Crippen LogP contribution in [0.25, 0.3) is 0 Å². The smallest absolute Gasteiger partial charge is 0.165 e. The second-order valence-electron chi connectivity index (χ2n) is 5.28. The molecule has 0 aromatic heterocycles. The Balaban J connectivity index is 1.77. The molecule has 2 heterocycles. The Morgan fingerprint density at radius 1 is 1.28 bits per heavy atom. The zero-order valence-electron chi connectivity index (χ0n) is 10.8. The molecule has 0 radical (unpaired) electrons. The van der Waals surface area contributed by atoms with Gasteiger partial charge in [0.25, 0.3) is 0 Å². The molecule has 1 fully saturated rings. The van der Waals surface area contributed by atoms with Gasteiger partial charge in [-0.1, -0.05) is 19.1 Å². The van der Waals surface area contributed by atoms with E-state index >= 15 is 0 Å². The summed E-state index contributed by atoms with van der Waals surface area (Å²) in [7, 11) is 0. The summed E-state index contributed by atoms with van der Waals surface area (Å²) in [5.74, 6) is 2.36. The largest absolute Gasteiger partial charge is 0.486 e. The van der Waals surface area contributed by atoms with Crippen LogP contribution in [0, 0.1) is 5.92 Å². The first-order chi connectivity index (χ1) is 8.74. The van der Waals surface area contributed by atoms with Crippen molar-refractivity contribution in [1.82, 2.24) is 4.90 Å². The summed E-state index contributed by atoms with van der Waals surface area (Å²) in [4.78, 5) is 2.39. The summed E-state index contributed by atoms with van der Waals surface area (Å²) in [5.41, 5.74) is 7.26. The van der Waals surface area contributed by atoms with E-state index in [-0.39, 0.29) is 0 Å². The molecular formula is C14H20N2O2. The Morgan fingerprint density at radius 3 is 2.89 bits per heavy atom. The minimum Gasteiger partial charge on any atom is -0.486 e. The van der Waals surface area contributed by atoms with Gasteiger partial charge in [0.15, 0.2) is 11.5 Å². The SMILES string of the molecule is CC1CN(Cc2cccc3c2OCCO3)CC1N. The number of benzene rings is 1. The van der Waals surface area contributed by atoms with Crippen LogP contribution in [0.4, 0.5) is 0 Å². The monoisotopic (exact) mass is 248 g/mol. The molecule has 2 atom stereocenters. The number of hydrogen-bond donors (Lipinski definition) is 1. The number of likely N-dealkylation sites (tertiary alicyclic amines) is 1. The van der Waals surface area contributed by atoms with Crippen molar-refractivity contribution in [2.75, 3.05) is 26.3 Å². The Bertz CT molecular complexity index is 426. The Kier molecular flexibility index (Phi) is 3.14. The van der Waals surface area contributed by atoms with Crippen molar-refractivity contribution in [3.8, 4) is 11.5 Å². The third-order valence-electron chi connectivity index (χ3n) is 3.79. The number of fused-ring (bicyclic) bond motifs is 1. The lowest BCUT2D eigenvalue weighted by Gasteiger charge is -2.23. The second kappa shape index (κ2) is 4.78. The quantitative estimate of drug-likeness (QED) is 0.855. The number of para-hydroxylation sites is 1. The van der Waals surface area contributed by atoms with Crippen LogP contribution < -0.4 is 15.2 Å². The zero-order chi connectivity index (χ0) is 12.5. The van der Waals surface area contributed by atoms with Gasteiger partial charge in [0, 0.05) is 31.2 Å². The van der Waals surface area contributed by atoms with E-state index in [1.165, 1.54) is 5.56 Å².